The number of carbonyl (C=O) groups is 1. The zero-order valence-corrected chi connectivity index (χ0v) is 11.3. The number of fused-ring (bicyclic) bond motifs is 2. The molecular weight excluding hydrogens is 248 g/mol. The molecular formula is C18H16O2. The van der Waals surface area contributed by atoms with Crippen LogP contribution in [0.1, 0.15) is 27.0 Å². The molecule has 0 saturated heterocycles. The van der Waals surface area contributed by atoms with E-state index in [9.17, 15) is 4.79 Å². The Balaban J connectivity index is 2.00. The summed E-state index contributed by atoms with van der Waals surface area (Å²) in [5.41, 5.74) is 3.81. The van der Waals surface area contributed by atoms with Crippen LogP contribution < -0.4 is 4.74 Å². The summed E-state index contributed by atoms with van der Waals surface area (Å²) in [5.74, 6) is 0.908. The number of rotatable bonds is 3. The van der Waals surface area contributed by atoms with E-state index >= 15 is 0 Å². The van der Waals surface area contributed by atoms with Crippen LogP contribution in [-0.4, -0.2) is 12.4 Å². The molecule has 2 aromatic rings. The third-order valence-electron chi connectivity index (χ3n) is 3.61. The van der Waals surface area contributed by atoms with Crippen LogP contribution >= 0.6 is 0 Å². The topological polar surface area (TPSA) is 26.3 Å². The lowest BCUT2D eigenvalue weighted by Crippen LogP contribution is -2.04. The number of benzene rings is 2. The van der Waals surface area contributed by atoms with Gasteiger partial charge in [0.25, 0.3) is 0 Å². The molecule has 0 fully saturated rings. The fourth-order valence-electron chi connectivity index (χ4n) is 2.62. The first-order chi connectivity index (χ1) is 9.79. The van der Waals surface area contributed by atoms with Crippen LogP contribution in [0.15, 0.2) is 55.1 Å². The Morgan fingerprint density at radius 3 is 2.65 bits per heavy atom. The van der Waals surface area contributed by atoms with Crippen LogP contribution in [0.4, 0.5) is 0 Å². The van der Waals surface area contributed by atoms with Gasteiger partial charge in [-0.05, 0) is 42.2 Å². The number of hydrogen-bond acceptors (Lipinski definition) is 2. The first-order valence-electron chi connectivity index (χ1n) is 6.79. The first-order valence-corrected chi connectivity index (χ1v) is 6.79. The van der Waals surface area contributed by atoms with Crippen LogP contribution in [-0.2, 0) is 12.8 Å². The van der Waals surface area contributed by atoms with Crippen molar-refractivity contribution in [3.8, 4) is 5.75 Å². The van der Waals surface area contributed by atoms with Gasteiger partial charge in [0.1, 0.15) is 12.4 Å². The number of hydrogen-bond donors (Lipinski definition) is 0. The van der Waals surface area contributed by atoms with E-state index in [1.807, 2.05) is 42.5 Å². The van der Waals surface area contributed by atoms with E-state index in [1.54, 1.807) is 6.08 Å². The second-order valence-corrected chi connectivity index (χ2v) is 4.90. The van der Waals surface area contributed by atoms with Crippen LogP contribution in [0, 0.1) is 0 Å². The molecule has 0 heterocycles. The predicted molar refractivity (Wildman–Crippen MR) is 79.4 cm³/mol. The number of carbonyl (C=O) groups excluding carboxylic acids is 1. The zero-order chi connectivity index (χ0) is 13.9. The van der Waals surface area contributed by atoms with Crippen LogP contribution in [0.3, 0.4) is 0 Å². The molecule has 2 heteroatoms. The van der Waals surface area contributed by atoms with Crippen molar-refractivity contribution in [2.24, 2.45) is 0 Å². The van der Waals surface area contributed by atoms with Gasteiger partial charge in [-0.2, -0.15) is 0 Å². The summed E-state index contributed by atoms with van der Waals surface area (Å²) in [4.78, 5) is 12.6. The summed E-state index contributed by atoms with van der Waals surface area (Å²) < 4.78 is 5.55. The van der Waals surface area contributed by atoms with Crippen molar-refractivity contribution in [3.63, 3.8) is 0 Å². The minimum atomic E-state index is 0.114. The summed E-state index contributed by atoms with van der Waals surface area (Å²) >= 11 is 0. The molecule has 0 N–H and O–H groups in total. The summed E-state index contributed by atoms with van der Waals surface area (Å²) in [6, 6.07) is 13.6. The highest BCUT2D eigenvalue weighted by Crippen LogP contribution is 2.27. The summed E-state index contributed by atoms with van der Waals surface area (Å²) in [6.07, 6.45) is 3.47. The number of ether oxygens (including phenoxy) is 1. The van der Waals surface area contributed by atoms with Gasteiger partial charge in [0.15, 0.2) is 5.78 Å². The molecule has 20 heavy (non-hydrogen) atoms. The second kappa shape index (κ2) is 5.33. The number of aryl methyl sites for hydroxylation is 2. The summed E-state index contributed by atoms with van der Waals surface area (Å²) in [5, 5.41) is 0. The lowest BCUT2D eigenvalue weighted by molar-refractivity contribution is 0.103. The highest BCUT2D eigenvalue weighted by Gasteiger charge is 2.20. The molecule has 0 aliphatic heterocycles. The third kappa shape index (κ3) is 2.25. The molecule has 2 aromatic carbocycles. The molecule has 0 amide bonds. The lowest BCUT2D eigenvalue weighted by Gasteiger charge is -2.08. The molecule has 0 radical (unpaired) electrons. The molecule has 3 rings (SSSR count). The molecule has 0 aromatic heterocycles. The normalized spacial score (nSPS) is 13.1. The van der Waals surface area contributed by atoms with Gasteiger partial charge < -0.3 is 4.74 Å². The maximum atomic E-state index is 12.6. The average Bonchev–Trinajstić information content (AvgIpc) is 2.63. The Morgan fingerprint density at radius 2 is 1.80 bits per heavy atom. The molecule has 100 valence electrons. The lowest BCUT2D eigenvalue weighted by atomic mass is 9.99. The molecule has 1 aliphatic rings. The largest absolute Gasteiger partial charge is 0.490 e. The minimum Gasteiger partial charge on any atom is -0.490 e. The molecule has 0 unspecified atom stereocenters. The fourth-order valence-corrected chi connectivity index (χ4v) is 2.62. The van der Waals surface area contributed by atoms with Gasteiger partial charge in [0.2, 0.25) is 0 Å². The molecule has 0 bridgehead atoms. The average molecular weight is 264 g/mol. The predicted octanol–water partition coefficient (Wildman–Crippen LogP) is 3.58. The van der Waals surface area contributed by atoms with E-state index in [4.69, 9.17) is 4.74 Å². The summed E-state index contributed by atoms with van der Waals surface area (Å²) in [7, 11) is 0. The van der Waals surface area contributed by atoms with Crippen LogP contribution in [0.2, 0.25) is 0 Å². The Morgan fingerprint density at radius 1 is 1.05 bits per heavy atom. The van der Waals surface area contributed by atoms with Crippen molar-refractivity contribution in [1.82, 2.24) is 0 Å². The van der Waals surface area contributed by atoms with Gasteiger partial charge in [0.05, 0.1) is 0 Å². The Labute approximate surface area is 118 Å². The van der Waals surface area contributed by atoms with Gasteiger partial charge in [-0.25, -0.2) is 0 Å². The van der Waals surface area contributed by atoms with Crippen molar-refractivity contribution in [2.75, 3.05) is 6.61 Å². The van der Waals surface area contributed by atoms with Crippen molar-refractivity contribution in [3.05, 3.63) is 77.4 Å². The van der Waals surface area contributed by atoms with Gasteiger partial charge in [0, 0.05) is 11.1 Å². The summed E-state index contributed by atoms with van der Waals surface area (Å²) in [6.45, 7) is 4.12. The molecule has 0 spiro atoms. The monoisotopic (exact) mass is 264 g/mol. The van der Waals surface area contributed by atoms with E-state index in [2.05, 4.69) is 6.58 Å². The van der Waals surface area contributed by atoms with Gasteiger partial charge in [-0.1, -0.05) is 36.9 Å². The molecule has 1 aliphatic carbocycles. The Bertz CT molecular complexity index is 671. The van der Waals surface area contributed by atoms with Gasteiger partial charge >= 0.3 is 0 Å². The third-order valence-corrected chi connectivity index (χ3v) is 3.61. The van der Waals surface area contributed by atoms with E-state index in [1.165, 1.54) is 0 Å². The first kappa shape index (κ1) is 12.7. The van der Waals surface area contributed by atoms with Crippen molar-refractivity contribution >= 4 is 5.78 Å². The van der Waals surface area contributed by atoms with Crippen LogP contribution in [0.5, 0.6) is 5.75 Å². The molecule has 0 atom stereocenters. The highest BCUT2D eigenvalue weighted by atomic mass is 16.5. The van der Waals surface area contributed by atoms with E-state index in [0.29, 0.717) is 6.61 Å². The quantitative estimate of drug-likeness (QED) is 0.792. The SMILES string of the molecule is C=CCOc1ccc2c(c1)CCc1ccccc1C2=O. The highest BCUT2D eigenvalue weighted by molar-refractivity contribution is 6.11. The smallest absolute Gasteiger partial charge is 0.193 e. The maximum absolute atomic E-state index is 12.6. The van der Waals surface area contributed by atoms with E-state index < -0.39 is 0 Å². The van der Waals surface area contributed by atoms with Crippen molar-refractivity contribution in [2.45, 2.75) is 12.8 Å². The van der Waals surface area contributed by atoms with Crippen molar-refractivity contribution < 1.29 is 9.53 Å². The second-order valence-electron chi connectivity index (χ2n) is 4.90. The van der Waals surface area contributed by atoms with Gasteiger partial charge in [-0.15, -0.1) is 0 Å². The van der Waals surface area contributed by atoms with Gasteiger partial charge in [-0.3, -0.25) is 4.79 Å². The molecule has 0 saturated carbocycles. The molecule has 2 nitrogen and oxygen atoms in total. The van der Waals surface area contributed by atoms with E-state index in [-0.39, 0.29) is 5.78 Å². The van der Waals surface area contributed by atoms with Crippen LogP contribution in [0.25, 0.3) is 0 Å². The van der Waals surface area contributed by atoms with E-state index in [0.717, 1.165) is 40.8 Å². The standard InChI is InChI=1S/C18H16O2/c1-2-11-20-15-9-10-17-14(12-15)8-7-13-5-3-4-6-16(13)18(17)19/h2-6,9-10,12H,1,7-8,11H2. The Kier molecular flexibility index (Phi) is 3.38. The zero-order valence-electron chi connectivity index (χ0n) is 11.3. The minimum absolute atomic E-state index is 0.114. The maximum Gasteiger partial charge on any atom is 0.193 e. The van der Waals surface area contributed by atoms with Crippen molar-refractivity contribution in [1.29, 1.82) is 0 Å². The fraction of sp³-hybridized carbons (Fsp3) is 0.167. The Hall–Kier alpha value is -2.35. The number of ketones is 1.